The van der Waals surface area contributed by atoms with Crippen molar-refractivity contribution in [3.05, 3.63) is 28.7 Å². The van der Waals surface area contributed by atoms with Crippen molar-refractivity contribution in [2.75, 3.05) is 5.75 Å². The lowest BCUT2D eigenvalue weighted by Gasteiger charge is -2.32. The molecule has 2 heterocycles. The minimum Gasteiger partial charge on any atom is -0.400 e. The van der Waals surface area contributed by atoms with Gasteiger partial charge in [-0.25, -0.2) is 9.97 Å². The summed E-state index contributed by atoms with van der Waals surface area (Å²) >= 11 is 7.30. The van der Waals surface area contributed by atoms with Gasteiger partial charge in [-0.05, 0) is 33.2 Å². The van der Waals surface area contributed by atoms with Crippen molar-refractivity contribution in [2.45, 2.75) is 45.8 Å². The lowest BCUT2D eigenvalue weighted by Crippen LogP contribution is -2.41. The Balaban J connectivity index is 2.32. The highest BCUT2D eigenvalue weighted by Gasteiger charge is 2.52. The quantitative estimate of drug-likeness (QED) is 0.610. The van der Waals surface area contributed by atoms with Crippen LogP contribution in [0.4, 0.5) is 0 Å². The summed E-state index contributed by atoms with van der Waals surface area (Å²) in [6, 6.07) is 0. The van der Waals surface area contributed by atoms with Crippen LogP contribution in [0.1, 0.15) is 40.2 Å². The van der Waals surface area contributed by atoms with E-state index in [1.54, 1.807) is 6.20 Å². The summed E-state index contributed by atoms with van der Waals surface area (Å²) in [6.07, 6.45) is 4.85. The minimum atomic E-state index is -0.539. The van der Waals surface area contributed by atoms with E-state index in [9.17, 15) is 4.79 Å². The van der Waals surface area contributed by atoms with Crippen molar-refractivity contribution in [3.8, 4) is 0 Å². The third-order valence-electron chi connectivity index (χ3n) is 4.03. The molecule has 0 bridgehead atoms. The van der Waals surface area contributed by atoms with E-state index < -0.39 is 18.3 Å². The first-order valence-electron chi connectivity index (χ1n) is 7.27. The minimum absolute atomic E-state index is 0.0304. The van der Waals surface area contributed by atoms with E-state index in [2.05, 4.69) is 9.97 Å². The van der Waals surface area contributed by atoms with E-state index in [0.717, 1.165) is 5.47 Å². The second-order valence-electron chi connectivity index (χ2n) is 6.36. The van der Waals surface area contributed by atoms with Crippen LogP contribution in [0.25, 0.3) is 6.08 Å². The van der Waals surface area contributed by atoms with Gasteiger partial charge in [0.25, 0.3) is 0 Å². The number of aromatic nitrogens is 2. The lowest BCUT2D eigenvalue weighted by molar-refractivity contribution is -0.109. The molecule has 23 heavy (non-hydrogen) atoms. The van der Waals surface area contributed by atoms with E-state index in [0.29, 0.717) is 16.5 Å². The number of carbonyl (C=O) groups is 1. The summed E-state index contributed by atoms with van der Waals surface area (Å²) < 4.78 is 12.1. The Morgan fingerprint density at radius 3 is 2.48 bits per heavy atom. The summed E-state index contributed by atoms with van der Waals surface area (Å²) in [4.78, 5) is 19.3. The van der Waals surface area contributed by atoms with E-state index in [1.807, 2.05) is 33.8 Å². The fourth-order valence-corrected chi connectivity index (χ4v) is 2.72. The zero-order valence-electron chi connectivity index (χ0n) is 13.9. The summed E-state index contributed by atoms with van der Waals surface area (Å²) in [7, 11) is -0.539. The second-order valence-corrected chi connectivity index (χ2v) is 7.87. The molecule has 0 spiro atoms. The predicted octanol–water partition coefficient (Wildman–Crippen LogP) is 3.42. The molecular formula is C15H20BClN2O3S. The van der Waals surface area contributed by atoms with Crippen LogP contribution in [0.2, 0.25) is 5.15 Å². The van der Waals surface area contributed by atoms with Crippen LogP contribution in [0.5, 0.6) is 0 Å². The molecule has 1 fully saturated rings. The maximum absolute atomic E-state index is 11.3. The topological polar surface area (TPSA) is 61.3 Å². The van der Waals surface area contributed by atoms with Crippen molar-refractivity contribution in [1.82, 2.24) is 9.97 Å². The van der Waals surface area contributed by atoms with Gasteiger partial charge in [-0.15, -0.1) is 0 Å². The van der Waals surface area contributed by atoms with Gasteiger partial charge in [-0.1, -0.05) is 29.4 Å². The van der Waals surface area contributed by atoms with Gasteiger partial charge < -0.3 is 9.31 Å². The van der Waals surface area contributed by atoms with Gasteiger partial charge in [0.05, 0.1) is 11.2 Å². The first kappa shape index (κ1) is 18.5. The Morgan fingerprint density at radius 1 is 1.35 bits per heavy atom. The highest BCUT2D eigenvalue weighted by atomic mass is 35.5. The maximum atomic E-state index is 11.3. The molecule has 0 radical (unpaired) electrons. The second kappa shape index (κ2) is 6.93. The first-order chi connectivity index (χ1) is 10.6. The van der Waals surface area contributed by atoms with Gasteiger partial charge in [0.1, 0.15) is 11.5 Å². The third-order valence-corrected chi connectivity index (χ3v) is 5.23. The van der Waals surface area contributed by atoms with Crippen molar-refractivity contribution in [2.24, 2.45) is 0 Å². The molecule has 0 unspecified atom stereocenters. The zero-order chi connectivity index (χ0) is 17.3. The fraction of sp³-hybridized carbons (Fsp3) is 0.533. The molecule has 5 nitrogen and oxygen atoms in total. The molecule has 1 aromatic heterocycles. The first-order valence-corrected chi connectivity index (χ1v) is 8.64. The fourth-order valence-electron chi connectivity index (χ4n) is 1.98. The van der Waals surface area contributed by atoms with Crippen LogP contribution in [-0.2, 0) is 14.1 Å². The van der Waals surface area contributed by atoms with Gasteiger partial charge in [0, 0.05) is 24.4 Å². The number of hydrogen-bond donors (Lipinski definition) is 0. The van der Waals surface area contributed by atoms with Crippen LogP contribution in [0.3, 0.4) is 0 Å². The number of hydrogen-bond acceptors (Lipinski definition) is 6. The van der Waals surface area contributed by atoms with E-state index in [4.69, 9.17) is 20.9 Å². The van der Waals surface area contributed by atoms with Crippen LogP contribution in [0, 0.1) is 0 Å². The van der Waals surface area contributed by atoms with E-state index in [-0.39, 0.29) is 5.12 Å². The molecule has 2 rings (SSSR count). The Kier molecular flexibility index (Phi) is 5.56. The molecule has 1 aliphatic heterocycles. The molecule has 1 saturated heterocycles. The molecule has 124 valence electrons. The third kappa shape index (κ3) is 4.35. The summed E-state index contributed by atoms with van der Waals surface area (Å²) in [5, 5.41) is 0.379. The van der Waals surface area contributed by atoms with Gasteiger partial charge in [0.2, 0.25) is 0 Å². The molecule has 0 saturated carbocycles. The van der Waals surface area contributed by atoms with Gasteiger partial charge in [-0.2, -0.15) is 0 Å². The molecule has 0 aliphatic carbocycles. The SMILES string of the molecule is CC(=O)SCC(=Cc1cncnc1Cl)B1OC(C)(C)C(C)(C)O1. The smallest absolute Gasteiger partial charge is 0.400 e. The summed E-state index contributed by atoms with van der Waals surface area (Å²) in [5.41, 5.74) is 0.590. The Labute approximate surface area is 146 Å². The highest BCUT2D eigenvalue weighted by Crippen LogP contribution is 2.39. The average Bonchev–Trinajstić information content (AvgIpc) is 2.65. The Morgan fingerprint density at radius 2 is 1.96 bits per heavy atom. The number of carbonyl (C=O) groups excluding carboxylic acids is 1. The van der Waals surface area contributed by atoms with Crippen molar-refractivity contribution in [1.29, 1.82) is 0 Å². The molecule has 0 amide bonds. The maximum Gasteiger partial charge on any atom is 0.491 e. The van der Waals surface area contributed by atoms with Crippen molar-refractivity contribution < 1.29 is 14.1 Å². The molecule has 1 aromatic rings. The number of nitrogens with zero attached hydrogens (tertiary/aromatic N) is 2. The van der Waals surface area contributed by atoms with E-state index >= 15 is 0 Å². The average molecular weight is 355 g/mol. The zero-order valence-corrected chi connectivity index (χ0v) is 15.5. The standard InChI is InChI=1S/C15H20BClN2O3S/c1-10(20)23-8-12(6-11-7-18-9-19-13(11)17)16-21-14(2,3)15(4,5)22-16/h6-7,9H,8H2,1-5H3. The number of halogens is 1. The monoisotopic (exact) mass is 354 g/mol. The van der Waals surface area contributed by atoms with Gasteiger partial charge >= 0.3 is 7.12 Å². The largest absolute Gasteiger partial charge is 0.491 e. The van der Waals surface area contributed by atoms with Gasteiger partial charge in [-0.3, -0.25) is 4.79 Å². The lowest BCUT2D eigenvalue weighted by atomic mass is 9.78. The van der Waals surface area contributed by atoms with Crippen LogP contribution < -0.4 is 0 Å². The summed E-state index contributed by atoms with van der Waals surface area (Å²) in [6.45, 7) is 9.48. The van der Waals surface area contributed by atoms with Crippen molar-refractivity contribution >= 4 is 41.7 Å². The van der Waals surface area contributed by atoms with Crippen LogP contribution >= 0.6 is 23.4 Å². The molecule has 8 heteroatoms. The normalized spacial score (nSPS) is 19.9. The highest BCUT2D eigenvalue weighted by molar-refractivity contribution is 8.13. The molecule has 0 N–H and O–H groups in total. The van der Waals surface area contributed by atoms with Gasteiger partial charge in [0.15, 0.2) is 5.12 Å². The Hall–Kier alpha value is -0.885. The molecule has 1 aliphatic rings. The predicted molar refractivity (Wildman–Crippen MR) is 94.2 cm³/mol. The Bertz CT molecular complexity index is 621. The molecular weight excluding hydrogens is 335 g/mol. The van der Waals surface area contributed by atoms with Crippen molar-refractivity contribution in [3.63, 3.8) is 0 Å². The molecule has 0 atom stereocenters. The molecule has 0 aromatic carbocycles. The van der Waals surface area contributed by atoms with Crippen LogP contribution in [0.15, 0.2) is 18.0 Å². The van der Waals surface area contributed by atoms with E-state index in [1.165, 1.54) is 25.0 Å². The number of thioether (sulfide) groups is 1. The van der Waals surface area contributed by atoms with Crippen LogP contribution in [-0.4, -0.2) is 39.2 Å². The number of rotatable bonds is 4. The summed E-state index contributed by atoms with van der Waals surface area (Å²) in [5.74, 6) is 0.456.